The molecule has 0 amide bonds. The topological polar surface area (TPSA) is 94.3 Å². The van der Waals surface area contributed by atoms with Gasteiger partial charge in [-0.15, -0.1) is 11.3 Å². The van der Waals surface area contributed by atoms with E-state index < -0.39 is 22.9 Å². The van der Waals surface area contributed by atoms with E-state index in [0.717, 1.165) is 52.9 Å². The summed E-state index contributed by atoms with van der Waals surface area (Å²) in [5.41, 5.74) is 6.53. The highest BCUT2D eigenvalue weighted by atomic mass is 32.2. The van der Waals surface area contributed by atoms with Crippen molar-refractivity contribution in [2.75, 3.05) is 6.61 Å². The van der Waals surface area contributed by atoms with Gasteiger partial charge >= 0.3 is 5.97 Å². The molecule has 10 heteroatoms. The summed E-state index contributed by atoms with van der Waals surface area (Å²) >= 11 is -1.10. The molecule has 3 aromatic carbocycles. The number of thiazole rings is 1. The highest BCUT2D eigenvalue weighted by Gasteiger charge is 2.29. The minimum Gasteiger partial charge on any atom is -0.461 e. The van der Waals surface area contributed by atoms with Crippen LogP contribution in [0.4, 0.5) is 4.39 Å². The molecule has 0 saturated heterocycles. The lowest BCUT2D eigenvalue weighted by molar-refractivity contribution is 0.0520. The van der Waals surface area contributed by atoms with Crippen LogP contribution in [0, 0.1) is 11.7 Å². The lowest BCUT2D eigenvalue weighted by atomic mass is 9.95. The molecule has 2 heterocycles. The van der Waals surface area contributed by atoms with E-state index in [2.05, 4.69) is 29.2 Å². The average Bonchev–Trinajstić information content (AvgIpc) is 3.56. The van der Waals surface area contributed by atoms with Crippen LogP contribution in [0.25, 0.3) is 27.5 Å². The number of carbonyl (C=O) groups excluding carboxylic acids is 1. The van der Waals surface area contributed by atoms with Crippen molar-refractivity contribution in [3.05, 3.63) is 107 Å². The quantitative estimate of drug-likeness (QED) is 0.136. The van der Waals surface area contributed by atoms with Crippen molar-refractivity contribution in [2.45, 2.75) is 37.5 Å². The average molecular weight is 602 g/mol. The second kappa shape index (κ2) is 12.1. The van der Waals surface area contributed by atoms with Gasteiger partial charge in [-0.05, 0) is 67.0 Å². The lowest BCUT2D eigenvalue weighted by Gasteiger charge is -2.10. The fourth-order valence-electron chi connectivity index (χ4n) is 5.00. The van der Waals surface area contributed by atoms with E-state index in [0.29, 0.717) is 23.0 Å². The molecule has 0 spiro atoms. The molecule has 1 aliphatic rings. The molecule has 0 bridgehead atoms. The molecular weight excluding hydrogens is 574 g/mol. The number of benzene rings is 3. The molecule has 1 aliphatic carbocycles. The summed E-state index contributed by atoms with van der Waals surface area (Å²) in [6, 6.07) is 22.6. The smallest absolute Gasteiger partial charge is 0.357 e. The van der Waals surface area contributed by atoms with Crippen molar-refractivity contribution < 1.29 is 22.7 Å². The Morgan fingerprint density at radius 2 is 1.83 bits per heavy atom. The van der Waals surface area contributed by atoms with Crippen LogP contribution in [0.1, 0.15) is 47.1 Å². The van der Waals surface area contributed by atoms with Gasteiger partial charge in [-0.2, -0.15) is 5.10 Å². The van der Waals surface area contributed by atoms with Crippen molar-refractivity contribution in [3.63, 3.8) is 0 Å². The number of rotatable bonds is 10. The number of nitrogens with zero attached hydrogens (tertiary/aromatic N) is 3. The van der Waals surface area contributed by atoms with E-state index >= 15 is 0 Å². The van der Waals surface area contributed by atoms with E-state index in [1.54, 1.807) is 18.4 Å². The Hall–Kier alpha value is -3.99. The molecule has 1 unspecified atom stereocenters. The van der Waals surface area contributed by atoms with Gasteiger partial charge in [0.15, 0.2) is 16.8 Å². The van der Waals surface area contributed by atoms with Crippen molar-refractivity contribution in [1.82, 2.24) is 14.8 Å². The van der Waals surface area contributed by atoms with Crippen molar-refractivity contribution in [3.8, 4) is 27.5 Å². The molecule has 1 saturated carbocycles. The number of ether oxygens (including phenoxy) is 1. The highest BCUT2D eigenvalue weighted by Crippen LogP contribution is 2.39. The third-order valence-corrected chi connectivity index (χ3v) is 8.76. The van der Waals surface area contributed by atoms with Gasteiger partial charge in [-0.3, -0.25) is 0 Å². The molecule has 5 aromatic rings. The second-order valence-corrected chi connectivity index (χ2v) is 12.0. The minimum atomic E-state index is -2.41. The third kappa shape index (κ3) is 5.97. The van der Waals surface area contributed by atoms with E-state index in [4.69, 9.17) is 9.84 Å². The lowest BCUT2D eigenvalue weighted by Crippen LogP contribution is -2.08. The maximum atomic E-state index is 14.8. The Bertz CT molecular complexity index is 1780. The maximum Gasteiger partial charge on any atom is 0.357 e. The predicted molar refractivity (Wildman–Crippen MR) is 161 cm³/mol. The van der Waals surface area contributed by atoms with Gasteiger partial charge in [0, 0.05) is 22.9 Å². The monoisotopic (exact) mass is 601 g/mol. The van der Waals surface area contributed by atoms with Crippen molar-refractivity contribution in [1.29, 1.82) is 0 Å². The first-order valence-electron chi connectivity index (χ1n) is 13.7. The van der Waals surface area contributed by atoms with Gasteiger partial charge in [-0.1, -0.05) is 54.6 Å². The minimum absolute atomic E-state index is 0.230. The zero-order chi connectivity index (χ0) is 29.2. The standard InChI is InChI=1S/C32H28FN3O4S2/c1-2-40-31(37)27-19-41-32(34-27)36-28(17-20-11-12-20)25(15-21-13-14-29(42(38)39)26(33)16-21)30(35-36)24-10-6-9-23(18-24)22-7-4-3-5-8-22/h3-10,13-14,16,18-20H,2,11-12,15,17H2,1H3,(H,38,39). The SMILES string of the molecule is CCOC(=O)c1csc(-n2nc(-c3cccc(-c4ccccc4)c3)c(Cc3ccc(S(=O)O)c(F)c3)c2CC2CC2)n1. The van der Waals surface area contributed by atoms with Crippen LogP contribution < -0.4 is 0 Å². The van der Waals surface area contributed by atoms with E-state index in [9.17, 15) is 17.9 Å². The van der Waals surface area contributed by atoms with E-state index in [-0.39, 0.29) is 17.2 Å². The first kappa shape index (κ1) is 28.1. The third-order valence-electron chi connectivity index (χ3n) is 7.24. The second-order valence-electron chi connectivity index (χ2n) is 10.2. The van der Waals surface area contributed by atoms with E-state index in [1.165, 1.54) is 23.5 Å². The molecule has 1 N–H and O–H groups in total. The molecule has 7 nitrogen and oxygen atoms in total. The van der Waals surface area contributed by atoms with Gasteiger partial charge < -0.3 is 9.29 Å². The van der Waals surface area contributed by atoms with Gasteiger partial charge in [0.2, 0.25) is 5.13 Å². The molecule has 2 aromatic heterocycles. The van der Waals surface area contributed by atoms with Gasteiger partial charge in [0.25, 0.3) is 0 Å². The Kier molecular flexibility index (Phi) is 8.10. The molecule has 214 valence electrons. The summed E-state index contributed by atoms with van der Waals surface area (Å²) in [4.78, 5) is 16.7. The molecule has 1 atom stereocenters. The fourth-order valence-corrected chi connectivity index (χ4v) is 6.18. The summed E-state index contributed by atoms with van der Waals surface area (Å²) in [6.45, 7) is 2.01. The molecule has 42 heavy (non-hydrogen) atoms. The fraction of sp³-hybridized carbons (Fsp3) is 0.219. The Labute approximate surface area is 249 Å². The summed E-state index contributed by atoms with van der Waals surface area (Å²) in [5, 5.41) is 7.31. The Morgan fingerprint density at radius 3 is 2.55 bits per heavy atom. The number of carbonyl (C=O) groups is 1. The Morgan fingerprint density at radius 1 is 1.07 bits per heavy atom. The molecule has 0 aliphatic heterocycles. The van der Waals surface area contributed by atoms with Crippen molar-refractivity contribution in [2.24, 2.45) is 5.92 Å². The van der Waals surface area contributed by atoms with Gasteiger partial charge in [0.1, 0.15) is 10.7 Å². The molecule has 6 rings (SSSR count). The van der Waals surface area contributed by atoms with Crippen molar-refractivity contribution >= 4 is 28.4 Å². The highest BCUT2D eigenvalue weighted by molar-refractivity contribution is 7.79. The normalized spacial score (nSPS) is 13.7. The summed E-state index contributed by atoms with van der Waals surface area (Å²) < 4.78 is 42.7. The first-order valence-corrected chi connectivity index (χ1v) is 15.7. The van der Waals surface area contributed by atoms with Crippen LogP contribution in [0.15, 0.2) is 83.1 Å². The number of hydrogen-bond donors (Lipinski definition) is 1. The van der Waals surface area contributed by atoms with Crippen LogP contribution in [0.3, 0.4) is 0 Å². The van der Waals surface area contributed by atoms with Crippen LogP contribution in [-0.2, 0) is 28.7 Å². The van der Waals surface area contributed by atoms with E-state index in [1.807, 2.05) is 35.0 Å². The summed E-state index contributed by atoms with van der Waals surface area (Å²) in [5.74, 6) is -0.706. The van der Waals surface area contributed by atoms with Crippen LogP contribution in [0.2, 0.25) is 0 Å². The van der Waals surface area contributed by atoms with Crippen LogP contribution >= 0.6 is 11.3 Å². The molecule has 0 radical (unpaired) electrons. The predicted octanol–water partition coefficient (Wildman–Crippen LogP) is 7.10. The van der Waals surface area contributed by atoms with Crippen LogP contribution in [-0.4, -0.2) is 36.1 Å². The number of hydrogen-bond acceptors (Lipinski definition) is 6. The number of halogens is 1. The Balaban J connectivity index is 1.50. The zero-order valence-electron chi connectivity index (χ0n) is 22.8. The molecule has 1 fully saturated rings. The largest absolute Gasteiger partial charge is 0.461 e. The summed E-state index contributed by atoms with van der Waals surface area (Å²) in [7, 11) is 0. The number of aromatic nitrogens is 3. The summed E-state index contributed by atoms with van der Waals surface area (Å²) in [6.07, 6.45) is 3.34. The van der Waals surface area contributed by atoms with Gasteiger partial charge in [0.05, 0.1) is 18.0 Å². The maximum absolute atomic E-state index is 14.8. The van der Waals surface area contributed by atoms with Crippen LogP contribution in [0.5, 0.6) is 0 Å². The van der Waals surface area contributed by atoms with Gasteiger partial charge in [-0.25, -0.2) is 23.1 Å². The zero-order valence-corrected chi connectivity index (χ0v) is 24.5. The number of esters is 1. The molecular formula is C32H28FN3O4S2. The first-order chi connectivity index (χ1) is 20.4.